The fraction of sp³-hybridized carbons (Fsp3) is 0.600. The molecular formula is C10H16BrN3O2. The van der Waals surface area contributed by atoms with E-state index in [1.54, 1.807) is 10.7 Å². The largest absolute Gasteiger partial charge is 0.464 e. The van der Waals surface area contributed by atoms with E-state index in [2.05, 4.69) is 21.0 Å². The van der Waals surface area contributed by atoms with Gasteiger partial charge in [0.1, 0.15) is 10.3 Å². The number of carbonyl (C=O) groups is 1. The zero-order valence-corrected chi connectivity index (χ0v) is 11.2. The molecule has 1 heterocycles. The first-order chi connectivity index (χ1) is 7.51. The molecule has 1 rings (SSSR count). The van der Waals surface area contributed by atoms with Gasteiger partial charge in [0.2, 0.25) is 0 Å². The summed E-state index contributed by atoms with van der Waals surface area (Å²) >= 11 is 3.25. The Morgan fingerprint density at radius 3 is 2.75 bits per heavy atom. The Kier molecular flexibility index (Phi) is 4.49. The number of methoxy groups -OCH3 is 1. The predicted octanol–water partition coefficient (Wildman–Crippen LogP) is 1.59. The molecule has 5 nitrogen and oxygen atoms in total. The molecule has 0 aliphatic rings. The molecule has 0 saturated carbocycles. The van der Waals surface area contributed by atoms with Crippen molar-refractivity contribution >= 4 is 21.9 Å². The Morgan fingerprint density at radius 2 is 2.31 bits per heavy atom. The third kappa shape index (κ3) is 2.62. The molecule has 0 radical (unpaired) electrons. The molecule has 0 bridgehead atoms. The highest BCUT2D eigenvalue weighted by molar-refractivity contribution is 9.10. The van der Waals surface area contributed by atoms with Crippen molar-refractivity contribution in [1.82, 2.24) is 9.78 Å². The van der Waals surface area contributed by atoms with Crippen LogP contribution in [0.5, 0.6) is 0 Å². The van der Waals surface area contributed by atoms with Crippen LogP contribution in [0, 0.1) is 5.92 Å². The standard InChI is InChI=1S/C10H16BrN3O2/c1-6(2)8(5-12)14-7(10(15)16-3)4-9(11)13-14/h4,6,8H,5,12H2,1-3H3. The van der Waals surface area contributed by atoms with Gasteiger partial charge in [0, 0.05) is 12.6 Å². The van der Waals surface area contributed by atoms with Crippen LogP contribution in [0.1, 0.15) is 30.4 Å². The van der Waals surface area contributed by atoms with Crippen LogP contribution in [0.25, 0.3) is 0 Å². The SMILES string of the molecule is COC(=O)c1cc(Br)nn1C(CN)C(C)C. The first-order valence-electron chi connectivity index (χ1n) is 5.04. The first kappa shape index (κ1) is 13.2. The van der Waals surface area contributed by atoms with Crippen molar-refractivity contribution in [3.05, 3.63) is 16.4 Å². The lowest BCUT2D eigenvalue weighted by atomic mass is 10.0. The third-order valence-corrected chi connectivity index (χ3v) is 2.81. The summed E-state index contributed by atoms with van der Waals surface area (Å²) in [6, 6.07) is 1.62. The molecule has 1 aromatic rings. The van der Waals surface area contributed by atoms with E-state index >= 15 is 0 Å². The zero-order valence-electron chi connectivity index (χ0n) is 9.61. The number of nitrogens with zero attached hydrogens (tertiary/aromatic N) is 2. The molecule has 90 valence electrons. The Bertz CT molecular complexity index is 376. The van der Waals surface area contributed by atoms with E-state index in [0.29, 0.717) is 22.8 Å². The minimum atomic E-state index is -0.405. The second-order valence-electron chi connectivity index (χ2n) is 3.84. The summed E-state index contributed by atoms with van der Waals surface area (Å²) in [5, 5.41) is 4.22. The molecule has 6 heteroatoms. The topological polar surface area (TPSA) is 70.1 Å². The Balaban J connectivity index is 3.15. The number of halogens is 1. The van der Waals surface area contributed by atoms with E-state index < -0.39 is 5.97 Å². The molecule has 0 fully saturated rings. The second-order valence-corrected chi connectivity index (χ2v) is 4.65. The highest BCUT2D eigenvalue weighted by Gasteiger charge is 2.22. The van der Waals surface area contributed by atoms with Crippen molar-refractivity contribution in [3.63, 3.8) is 0 Å². The van der Waals surface area contributed by atoms with E-state index in [1.165, 1.54) is 7.11 Å². The van der Waals surface area contributed by atoms with Gasteiger partial charge >= 0.3 is 5.97 Å². The van der Waals surface area contributed by atoms with Crippen molar-refractivity contribution in [1.29, 1.82) is 0 Å². The van der Waals surface area contributed by atoms with E-state index in [0.717, 1.165) is 0 Å². The quantitative estimate of drug-likeness (QED) is 0.855. The van der Waals surface area contributed by atoms with E-state index in [1.807, 2.05) is 13.8 Å². The molecule has 0 amide bonds. The molecule has 1 aromatic heterocycles. The van der Waals surface area contributed by atoms with Crippen molar-refractivity contribution in [3.8, 4) is 0 Å². The van der Waals surface area contributed by atoms with E-state index in [-0.39, 0.29) is 6.04 Å². The number of ether oxygens (including phenoxy) is 1. The third-order valence-electron chi connectivity index (χ3n) is 2.43. The normalized spacial score (nSPS) is 12.9. The molecule has 0 spiro atoms. The van der Waals surface area contributed by atoms with Crippen LogP contribution in [0.4, 0.5) is 0 Å². The minimum Gasteiger partial charge on any atom is -0.464 e. The maximum Gasteiger partial charge on any atom is 0.356 e. The minimum absolute atomic E-state index is 0.0135. The Labute approximate surface area is 103 Å². The molecule has 0 aliphatic heterocycles. The Morgan fingerprint density at radius 1 is 1.69 bits per heavy atom. The van der Waals surface area contributed by atoms with Gasteiger partial charge in [-0.3, -0.25) is 4.68 Å². The Hall–Kier alpha value is -0.880. The number of rotatable bonds is 4. The van der Waals surface area contributed by atoms with Gasteiger partial charge in [0.05, 0.1) is 13.2 Å². The van der Waals surface area contributed by atoms with Crippen molar-refractivity contribution in [2.75, 3.05) is 13.7 Å². The summed E-state index contributed by atoms with van der Waals surface area (Å²) in [6.45, 7) is 4.50. The molecule has 1 atom stereocenters. The maximum absolute atomic E-state index is 11.5. The van der Waals surface area contributed by atoms with Crippen LogP contribution in [-0.4, -0.2) is 29.4 Å². The summed E-state index contributed by atoms with van der Waals surface area (Å²) in [6.07, 6.45) is 0. The van der Waals surface area contributed by atoms with Gasteiger partial charge in [-0.1, -0.05) is 13.8 Å². The number of hydrogen-bond acceptors (Lipinski definition) is 4. The summed E-state index contributed by atoms with van der Waals surface area (Å²) in [4.78, 5) is 11.5. The fourth-order valence-electron chi connectivity index (χ4n) is 1.53. The number of nitrogens with two attached hydrogens (primary N) is 1. The fourth-order valence-corrected chi connectivity index (χ4v) is 1.92. The number of carbonyl (C=O) groups excluding carboxylic acids is 1. The van der Waals surface area contributed by atoms with Gasteiger partial charge in [-0.2, -0.15) is 5.10 Å². The molecular weight excluding hydrogens is 274 g/mol. The van der Waals surface area contributed by atoms with Gasteiger partial charge in [0.25, 0.3) is 0 Å². The van der Waals surface area contributed by atoms with Crippen molar-refractivity contribution in [2.45, 2.75) is 19.9 Å². The van der Waals surface area contributed by atoms with Crippen LogP contribution < -0.4 is 5.73 Å². The van der Waals surface area contributed by atoms with E-state index in [9.17, 15) is 4.79 Å². The van der Waals surface area contributed by atoms with Gasteiger partial charge in [-0.05, 0) is 21.8 Å². The van der Waals surface area contributed by atoms with Gasteiger partial charge in [-0.15, -0.1) is 0 Å². The van der Waals surface area contributed by atoms with Gasteiger partial charge < -0.3 is 10.5 Å². The summed E-state index contributed by atoms with van der Waals surface area (Å²) in [7, 11) is 1.35. The van der Waals surface area contributed by atoms with Crippen molar-refractivity contribution < 1.29 is 9.53 Å². The molecule has 0 aliphatic carbocycles. The van der Waals surface area contributed by atoms with Crippen LogP contribution in [0.15, 0.2) is 10.7 Å². The highest BCUT2D eigenvalue weighted by Crippen LogP contribution is 2.21. The summed E-state index contributed by atoms with van der Waals surface area (Å²) in [5.41, 5.74) is 6.11. The predicted molar refractivity (Wildman–Crippen MR) is 64.2 cm³/mol. The van der Waals surface area contributed by atoms with Crippen LogP contribution in [0.3, 0.4) is 0 Å². The van der Waals surface area contributed by atoms with Crippen LogP contribution in [-0.2, 0) is 4.74 Å². The molecule has 0 saturated heterocycles. The maximum atomic E-state index is 11.5. The first-order valence-corrected chi connectivity index (χ1v) is 5.84. The van der Waals surface area contributed by atoms with Gasteiger partial charge in [-0.25, -0.2) is 4.79 Å². The monoisotopic (exact) mass is 289 g/mol. The lowest BCUT2D eigenvalue weighted by Crippen LogP contribution is -2.28. The van der Waals surface area contributed by atoms with Crippen LogP contribution in [0.2, 0.25) is 0 Å². The number of hydrogen-bond donors (Lipinski definition) is 1. The zero-order chi connectivity index (χ0) is 12.3. The number of esters is 1. The van der Waals surface area contributed by atoms with E-state index in [4.69, 9.17) is 10.5 Å². The average molecular weight is 290 g/mol. The van der Waals surface area contributed by atoms with Crippen molar-refractivity contribution in [2.24, 2.45) is 11.7 Å². The smallest absolute Gasteiger partial charge is 0.356 e. The number of aromatic nitrogens is 2. The molecule has 2 N–H and O–H groups in total. The second kappa shape index (κ2) is 5.45. The van der Waals surface area contributed by atoms with Crippen LogP contribution >= 0.6 is 15.9 Å². The summed E-state index contributed by atoms with van der Waals surface area (Å²) in [5.74, 6) is -0.113. The molecule has 16 heavy (non-hydrogen) atoms. The lowest BCUT2D eigenvalue weighted by molar-refractivity contribution is 0.0581. The summed E-state index contributed by atoms with van der Waals surface area (Å²) < 4.78 is 6.93. The molecule has 1 unspecified atom stereocenters. The average Bonchev–Trinajstić information content (AvgIpc) is 2.60. The highest BCUT2D eigenvalue weighted by atomic mass is 79.9. The lowest BCUT2D eigenvalue weighted by Gasteiger charge is -2.21. The van der Waals surface area contributed by atoms with Gasteiger partial charge in [0.15, 0.2) is 0 Å². The molecule has 0 aromatic carbocycles.